The summed E-state index contributed by atoms with van der Waals surface area (Å²) in [5.41, 5.74) is 7.94. The number of hydrogen-bond acceptors (Lipinski definition) is 9. The van der Waals surface area contributed by atoms with E-state index in [1.165, 1.54) is 0 Å². The lowest BCUT2D eigenvalue weighted by atomic mass is 10.3. The summed E-state index contributed by atoms with van der Waals surface area (Å²) in [6, 6.07) is 0. The van der Waals surface area contributed by atoms with E-state index in [9.17, 15) is 0 Å². The van der Waals surface area contributed by atoms with Crippen molar-refractivity contribution in [2.24, 2.45) is 0 Å². The van der Waals surface area contributed by atoms with Crippen molar-refractivity contribution in [3.8, 4) is 11.4 Å². The molecule has 2 N–H and O–H groups in total. The van der Waals surface area contributed by atoms with Crippen LogP contribution in [0, 0.1) is 0 Å². The Morgan fingerprint density at radius 2 is 1.81 bits per heavy atom. The molecule has 3 aromatic heterocycles. The van der Waals surface area contributed by atoms with Crippen LogP contribution >= 0.6 is 0 Å². The van der Waals surface area contributed by atoms with Crippen molar-refractivity contribution in [3.05, 3.63) is 18.2 Å². The van der Waals surface area contributed by atoms with Crippen molar-refractivity contribution in [2.75, 3.05) is 43.5 Å². The molecule has 0 aromatic carbocycles. The third-order valence-electron chi connectivity index (χ3n) is 4.89. The number of imidazole rings is 1. The SMILES string of the molecule is C[C@H]1OCCn2c1nc1c(N3CCOCC3)nc(-c3cnc(N)nc3)nc12. The Morgan fingerprint density at radius 3 is 2.59 bits per heavy atom. The first-order valence-corrected chi connectivity index (χ1v) is 9.01. The second-order valence-corrected chi connectivity index (χ2v) is 6.61. The monoisotopic (exact) mass is 368 g/mol. The fourth-order valence-corrected chi connectivity index (χ4v) is 3.51. The summed E-state index contributed by atoms with van der Waals surface area (Å²) in [4.78, 5) is 24.8. The van der Waals surface area contributed by atoms with Gasteiger partial charge in [0.1, 0.15) is 11.9 Å². The molecule has 0 amide bonds. The second-order valence-electron chi connectivity index (χ2n) is 6.61. The van der Waals surface area contributed by atoms with Gasteiger partial charge in [0.2, 0.25) is 5.95 Å². The maximum atomic E-state index is 5.75. The molecule has 0 unspecified atom stereocenters. The predicted molar refractivity (Wildman–Crippen MR) is 98.2 cm³/mol. The van der Waals surface area contributed by atoms with E-state index in [2.05, 4.69) is 19.4 Å². The van der Waals surface area contributed by atoms with Gasteiger partial charge in [0.25, 0.3) is 0 Å². The van der Waals surface area contributed by atoms with Crippen LogP contribution in [0.3, 0.4) is 0 Å². The highest BCUT2D eigenvalue weighted by molar-refractivity contribution is 5.86. The van der Waals surface area contributed by atoms with Gasteiger partial charge in [0.05, 0.1) is 25.4 Å². The Hall–Kier alpha value is -2.85. The maximum absolute atomic E-state index is 5.75. The van der Waals surface area contributed by atoms with Gasteiger partial charge in [-0.15, -0.1) is 0 Å². The molecule has 1 fully saturated rings. The number of nitrogens with zero attached hydrogens (tertiary/aromatic N) is 7. The number of fused-ring (bicyclic) bond motifs is 3. The van der Waals surface area contributed by atoms with Gasteiger partial charge in [0.15, 0.2) is 22.8 Å². The minimum absolute atomic E-state index is 0.0752. The third-order valence-corrected chi connectivity index (χ3v) is 4.89. The maximum Gasteiger partial charge on any atom is 0.219 e. The molecule has 5 heterocycles. The fourth-order valence-electron chi connectivity index (χ4n) is 3.51. The topological polar surface area (TPSA) is 117 Å². The number of nitrogens with two attached hydrogens (primary N) is 1. The molecule has 5 rings (SSSR count). The van der Waals surface area contributed by atoms with Gasteiger partial charge in [-0.2, -0.15) is 0 Å². The zero-order valence-electron chi connectivity index (χ0n) is 15.0. The summed E-state index contributed by atoms with van der Waals surface area (Å²) < 4.78 is 13.4. The average molecular weight is 368 g/mol. The van der Waals surface area contributed by atoms with Crippen molar-refractivity contribution < 1.29 is 9.47 Å². The van der Waals surface area contributed by atoms with Crippen LogP contribution in [0.4, 0.5) is 11.8 Å². The Bertz CT molecular complexity index is 981. The Morgan fingerprint density at radius 1 is 1.04 bits per heavy atom. The number of rotatable bonds is 2. The lowest BCUT2D eigenvalue weighted by Crippen LogP contribution is -2.37. The first-order chi connectivity index (χ1) is 13.2. The molecule has 2 aliphatic rings. The van der Waals surface area contributed by atoms with Gasteiger partial charge in [-0.25, -0.2) is 24.9 Å². The molecule has 0 spiro atoms. The number of hydrogen-bond donors (Lipinski definition) is 1. The summed E-state index contributed by atoms with van der Waals surface area (Å²) in [5.74, 6) is 2.47. The number of morpholine rings is 1. The zero-order valence-corrected chi connectivity index (χ0v) is 15.0. The number of nitrogen functional groups attached to an aromatic ring is 1. The molecular weight excluding hydrogens is 348 g/mol. The number of anilines is 2. The molecule has 0 saturated carbocycles. The van der Waals surface area contributed by atoms with Crippen molar-refractivity contribution in [1.29, 1.82) is 0 Å². The van der Waals surface area contributed by atoms with Gasteiger partial charge < -0.3 is 24.7 Å². The lowest BCUT2D eigenvalue weighted by Gasteiger charge is -2.28. The molecule has 27 heavy (non-hydrogen) atoms. The Balaban J connectivity index is 1.73. The van der Waals surface area contributed by atoms with E-state index in [1.807, 2.05) is 6.92 Å². The van der Waals surface area contributed by atoms with Crippen LogP contribution in [-0.4, -0.2) is 62.4 Å². The molecule has 0 bridgehead atoms. The number of aromatic nitrogens is 6. The molecular formula is C17H20N8O2. The lowest BCUT2D eigenvalue weighted by molar-refractivity contribution is 0.0304. The quantitative estimate of drug-likeness (QED) is 0.700. The fraction of sp³-hybridized carbons (Fsp3) is 0.471. The zero-order chi connectivity index (χ0) is 18.4. The van der Waals surface area contributed by atoms with Crippen molar-refractivity contribution in [1.82, 2.24) is 29.5 Å². The first kappa shape index (κ1) is 16.3. The van der Waals surface area contributed by atoms with Gasteiger partial charge in [-0.1, -0.05) is 0 Å². The van der Waals surface area contributed by atoms with E-state index in [0.29, 0.717) is 32.2 Å². The van der Waals surface area contributed by atoms with E-state index in [1.54, 1.807) is 12.4 Å². The van der Waals surface area contributed by atoms with E-state index in [4.69, 9.17) is 30.2 Å². The van der Waals surface area contributed by atoms with Crippen LogP contribution in [0.25, 0.3) is 22.6 Å². The molecule has 3 aromatic rings. The van der Waals surface area contributed by atoms with Crippen LogP contribution in [0.1, 0.15) is 18.9 Å². The highest BCUT2D eigenvalue weighted by Crippen LogP contribution is 2.32. The van der Waals surface area contributed by atoms with Crippen LogP contribution < -0.4 is 10.6 Å². The highest BCUT2D eigenvalue weighted by atomic mass is 16.5. The molecule has 2 aliphatic heterocycles. The molecule has 140 valence electrons. The van der Waals surface area contributed by atoms with Crippen LogP contribution in [0.2, 0.25) is 0 Å². The van der Waals surface area contributed by atoms with Crippen molar-refractivity contribution in [2.45, 2.75) is 19.6 Å². The van der Waals surface area contributed by atoms with Crippen LogP contribution in [0.15, 0.2) is 12.4 Å². The highest BCUT2D eigenvalue weighted by Gasteiger charge is 2.27. The van der Waals surface area contributed by atoms with E-state index in [0.717, 1.165) is 41.5 Å². The Labute approximate surface area is 155 Å². The van der Waals surface area contributed by atoms with Gasteiger partial charge in [-0.05, 0) is 6.92 Å². The van der Waals surface area contributed by atoms with Gasteiger partial charge in [0, 0.05) is 32.0 Å². The molecule has 0 aliphatic carbocycles. The summed E-state index contributed by atoms with van der Waals surface area (Å²) in [6.07, 6.45) is 3.21. The van der Waals surface area contributed by atoms with Crippen LogP contribution in [-0.2, 0) is 16.0 Å². The molecule has 10 heteroatoms. The first-order valence-electron chi connectivity index (χ1n) is 9.01. The normalized spacial score (nSPS) is 20.0. The molecule has 0 radical (unpaired) electrons. The van der Waals surface area contributed by atoms with E-state index >= 15 is 0 Å². The molecule has 1 saturated heterocycles. The Kier molecular flexibility index (Phi) is 3.87. The van der Waals surface area contributed by atoms with Crippen molar-refractivity contribution in [3.63, 3.8) is 0 Å². The smallest absolute Gasteiger partial charge is 0.219 e. The number of ether oxygens (including phenoxy) is 2. The van der Waals surface area contributed by atoms with Gasteiger partial charge >= 0.3 is 0 Å². The van der Waals surface area contributed by atoms with Crippen molar-refractivity contribution >= 4 is 22.9 Å². The predicted octanol–water partition coefficient (Wildman–Crippen LogP) is 0.793. The van der Waals surface area contributed by atoms with Gasteiger partial charge in [-0.3, -0.25) is 0 Å². The molecule has 10 nitrogen and oxygen atoms in total. The van der Waals surface area contributed by atoms with E-state index < -0.39 is 0 Å². The summed E-state index contributed by atoms with van der Waals surface area (Å²) >= 11 is 0. The van der Waals surface area contributed by atoms with E-state index in [-0.39, 0.29) is 12.1 Å². The third kappa shape index (κ3) is 2.77. The molecule has 1 atom stereocenters. The summed E-state index contributed by atoms with van der Waals surface area (Å²) in [7, 11) is 0. The minimum Gasteiger partial charge on any atom is -0.378 e. The summed E-state index contributed by atoms with van der Waals surface area (Å²) in [6.45, 7) is 6.21. The average Bonchev–Trinajstić information content (AvgIpc) is 3.09. The largest absolute Gasteiger partial charge is 0.378 e. The standard InChI is InChI=1S/C17H20N8O2/c1-10-14-21-12-15(24-2-5-26-6-3-24)22-13(11-8-19-17(18)20-9-11)23-16(12)25(14)4-7-27-10/h8-10H,2-7H2,1H3,(H2,18,19,20)/t10-/m1/s1. The van der Waals surface area contributed by atoms with Crippen LogP contribution in [0.5, 0.6) is 0 Å². The summed E-state index contributed by atoms with van der Waals surface area (Å²) in [5, 5.41) is 0. The minimum atomic E-state index is -0.0752. The second kappa shape index (κ2) is 6.39.